The fourth-order valence-corrected chi connectivity index (χ4v) is 2.72. The molecule has 0 saturated carbocycles. The van der Waals surface area contributed by atoms with Gasteiger partial charge in [-0.1, -0.05) is 0 Å². The molecule has 1 aromatic carbocycles. The Kier molecular flexibility index (Phi) is 5.08. The number of pyridine rings is 1. The largest absolute Gasteiger partial charge is 0.508 e. The molecule has 0 aliphatic carbocycles. The molecule has 0 unspecified atom stereocenters. The van der Waals surface area contributed by atoms with Gasteiger partial charge in [-0.15, -0.1) is 0 Å². The molecule has 0 aliphatic rings. The van der Waals surface area contributed by atoms with Gasteiger partial charge < -0.3 is 19.3 Å². The molecule has 1 amide bonds. The lowest BCUT2D eigenvalue weighted by molar-refractivity contribution is 0.0293. The molecule has 6 heteroatoms. The summed E-state index contributed by atoms with van der Waals surface area (Å²) in [6.45, 7) is 6.78. The van der Waals surface area contributed by atoms with Crippen molar-refractivity contribution < 1.29 is 14.6 Å². The number of fused-ring (bicyclic) bond motifs is 1. The van der Waals surface area contributed by atoms with Crippen molar-refractivity contribution in [3.63, 3.8) is 0 Å². The number of amides is 1. The third-order valence-electron chi connectivity index (χ3n) is 4.15. The van der Waals surface area contributed by atoms with E-state index in [1.807, 2.05) is 56.1 Å². The number of nitrogens with zero attached hydrogens (tertiary/aromatic N) is 3. The Morgan fingerprint density at radius 2 is 2.00 bits per heavy atom. The van der Waals surface area contributed by atoms with Crippen molar-refractivity contribution in [3.8, 4) is 16.9 Å². The van der Waals surface area contributed by atoms with Gasteiger partial charge in [-0.2, -0.15) is 0 Å². The average Bonchev–Trinajstić information content (AvgIpc) is 3.06. The summed E-state index contributed by atoms with van der Waals surface area (Å²) in [7, 11) is 1.73. The Hall–Kier alpha value is -3.02. The topological polar surface area (TPSA) is 67.6 Å². The maximum absolute atomic E-state index is 12.0. The van der Waals surface area contributed by atoms with E-state index in [2.05, 4.69) is 4.98 Å². The molecule has 1 N–H and O–H groups in total. The molecular weight excluding hydrogens is 342 g/mol. The maximum Gasteiger partial charge on any atom is 0.410 e. The van der Waals surface area contributed by atoms with E-state index in [9.17, 15) is 9.90 Å². The number of aromatic nitrogens is 2. The van der Waals surface area contributed by atoms with Crippen LogP contribution in [0, 0.1) is 0 Å². The van der Waals surface area contributed by atoms with Gasteiger partial charge >= 0.3 is 6.09 Å². The standard InChI is InChI=1S/C21H25N3O3/c1-21(2,3)27-20(26)23(4)9-10-24-8-7-15(14-24)17-11-16-12-18(25)5-6-19(16)22-13-17/h5-8,11-14,25H,9-10H2,1-4H3. The third kappa shape index (κ3) is 4.78. The van der Waals surface area contributed by atoms with Gasteiger partial charge in [0.25, 0.3) is 0 Å². The molecule has 0 radical (unpaired) electrons. The Balaban J connectivity index is 1.67. The minimum Gasteiger partial charge on any atom is -0.508 e. The second-order valence-corrected chi connectivity index (χ2v) is 7.64. The third-order valence-corrected chi connectivity index (χ3v) is 4.15. The van der Waals surface area contributed by atoms with E-state index in [0.717, 1.165) is 22.0 Å². The van der Waals surface area contributed by atoms with Crippen LogP contribution in [-0.2, 0) is 11.3 Å². The summed E-state index contributed by atoms with van der Waals surface area (Å²) >= 11 is 0. The first-order valence-electron chi connectivity index (χ1n) is 8.90. The van der Waals surface area contributed by atoms with Crippen LogP contribution >= 0.6 is 0 Å². The molecular formula is C21H25N3O3. The van der Waals surface area contributed by atoms with Crippen LogP contribution < -0.4 is 0 Å². The molecule has 0 bridgehead atoms. The SMILES string of the molecule is CN(CCn1ccc(-c2cnc3ccc(O)cc3c2)c1)C(=O)OC(C)(C)C. The van der Waals surface area contributed by atoms with Crippen molar-refractivity contribution in [2.45, 2.75) is 32.9 Å². The Morgan fingerprint density at radius 1 is 1.22 bits per heavy atom. The number of carbonyl (C=O) groups excluding carboxylic acids is 1. The Bertz CT molecular complexity index is 957. The lowest BCUT2D eigenvalue weighted by atomic mass is 10.1. The number of likely N-dealkylation sites (N-methyl/N-ethyl adjacent to an activating group) is 1. The zero-order valence-corrected chi connectivity index (χ0v) is 16.1. The monoisotopic (exact) mass is 367 g/mol. The van der Waals surface area contributed by atoms with Crippen LogP contribution in [0.25, 0.3) is 22.0 Å². The Morgan fingerprint density at radius 3 is 2.74 bits per heavy atom. The van der Waals surface area contributed by atoms with Gasteiger partial charge in [-0.3, -0.25) is 4.98 Å². The van der Waals surface area contributed by atoms with Gasteiger partial charge in [0, 0.05) is 55.2 Å². The van der Waals surface area contributed by atoms with Gasteiger partial charge in [0.15, 0.2) is 0 Å². The lowest BCUT2D eigenvalue weighted by Gasteiger charge is -2.24. The normalized spacial score (nSPS) is 11.6. The molecule has 6 nitrogen and oxygen atoms in total. The van der Waals surface area contributed by atoms with E-state index in [1.54, 1.807) is 30.1 Å². The summed E-state index contributed by atoms with van der Waals surface area (Å²) in [5.74, 6) is 0.226. The predicted molar refractivity (Wildman–Crippen MR) is 106 cm³/mol. The highest BCUT2D eigenvalue weighted by atomic mass is 16.6. The van der Waals surface area contributed by atoms with Gasteiger partial charge in [-0.05, 0) is 51.1 Å². The van der Waals surface area contributed by atoms with Crippen molar-refractivity contribution in [2.24, 2.45) is 0 Å². The van der Waals surface area contributed by atoms with Crippen LogP contribution in [0.3, 0.4) is 0 Å². The molecule has 0 fully saturated rings. The van der Waals surface area contributed by atoms with Crippen molar-refractivity contribution in [2.75, 3.05) is 13.6 Å². The first kappa shape index (κ1) is 18.8. The number of ether oxygens (including phenoxy) is 1. The highest BCUT2D eigenvalue weighted by Crippen LogP contribution is 2.25. The van der Waals surface area contributed by atoms with Gasteiger partial charge in [0.1, 0.15) is 11.4 Å². The van der Waals surface area contributed by atoms with E-state index >= 15 is 0 Å². The minimum atomic E-state index is -0.497. The van der Waals surface area contributed by atoms with E-state index in [4.69, 9.17) is 4.74 Å². The fourth-order valence-electron chi connectivity index (χ4n) is 2.72. The van der Waals surface area contributed by atoms with Crippen molar-refractivity contribution in [3.05, 3.63) is 48.9 Å². The van der Waals surface area contributed by atoms with E-state index in [-0.39, 0.29) is 11.8 Å². The number of carbonyl (C=O) groups is 1. The molecule has 3 rings (SSSR count). The van der Waals surface area contributed by atoms with Crippen LogP contribution in [0.1, 0.15) is 20.8 Å². The number of hydrogen-bond donors (Lipinski definition) is 1. The Labute approximate surface area is 159 Å². The zero-order valence-electron chi connectivity index (χ0n) is 16.1. The molecule has 0 atom stereocenters. The molecule has 0 aliphatic heterocycles. The number of benzene rings is 1. The minimum absolute atomic E-state index is 0.226. The zero-order chi connectivity index (χ0) is 19.6. The van der Waals surface area contributed by atoms with Crippen molar-refractivity contribution in [1.29, 1.82) is 0 Å². The highest BCUT2D eigenvalue weighted by molar-refractivity contribution is 5.84. The molecule has 0 spiro atoms. The van der Waals surface area contributed by atoms with Gasteiger partial charge in [0.2, 0.25) is 0 Å². The van der Waals surface area contributed by atoms with Crippen molar-refractivity contribution >= 4 is 17.0 Å². The first-order valence-corrected chi connectivity index (χ1v) is 8.90. The van der Waals surface area contributed by atoms with Crippen LogP contribution in [0.2, 0.25) is 0 Å². The molecule has 0 saturated heterocycles. The quantitative estimate of drug-likeness (QED) is 0.747. The second kappa shape index (κ2) is 7.31. The van der Waals surface area contributed by atoms with E-state index < -0.39 is 5.60 Å². The van der Waals surface area contributed by atoms with Crippen LogP contribution in [0.15, 0.2) is 48.9 Å². The number of hydrogen-bond acceptors (Lipinski definition) is 4. The van der Waals surface area contributed by atoms with Crippen LogP contribution in [0.5, 0.6) is 5.75 Å². The van der Waals surface area contributed by atoms with Crippen molar-refractivity contribution in [1.82, 2.24) is 14.5 Å². The molecule has 3 aromatic rings. The highest BCUT2D eigenvalue weighted by Gasteiger charge is 2.19. The first-order chi connectivity index (χ1) is 12.7. The number of aromatic hydroxyl groups is 1. The maximum atomic E-state index is 12.0. The fraction of sp³-hybridized carbons (Fsp3) is 0.333. The summed E-state index contributed by atoms with van der Waals surface area (Å²) in [5, 5.41) is 10.6. The molecule has 142 valence electrons. The summed E-state index contributed by atoms with van der Waals surface area (Å²) in [5.41, 5.74) is 2.36. The predicted octanol–water partition coefficient (Wildman–Crippen LogP) is 4.28. The van der Waals surface area contributed by atoms with Gasteiger partial charge in [0.05, 0.1) is 5.52 Å². The molecule has 2 heterocycles. The second-order valence-electron chi connectivity index (χ2n) is 7.64. The van der Waals surface area contributed by atoms with E-state index in [0.29, 0.717) is 13.1 Å². The van der Waals surface area contributed by atoms with Gasteiger partial charge in [-0.25, -0.2) is 4.79 Å². The van der Waals surface area contributed by atoms with Crippen LogP contribution in [0.4, 0.5) is 4.79 Å². The number of phenolic OH excluding ortho intramolecular Hbond substituents is 1. The number of rotatable bonds is 4. The molecule has 2 aromatic heterocycles. The summed E-state index contributed by atoms with van der Waals surface area (Å²) in [6.07, 6.45) is 5.50. The summed E-state index contributed by atoms with van der Waals surface area (Å²) in [4.78, 5) is 18.0. The summed E-state index contributed by atoms with van der Waals surface area (Å²) in [6, 6.07) is 9.16. The lowest BCUT2D eigenvalue weighted by Crippen LogP contribution is -2.35. The smallest absolute Gasteiger partial charge is 0.410 e. The summed E-state index contributed by atoms with van der Waals surface area (Å²) < 4.78 is 7.39. The number of phenols is 1. The average molecular weight is 367 g/mol. The van der Waals surface area contributed by atoms with E-state index in [1.165, 1.54) is 0 Å². The molecule has 27 heavy (non-hydrogen) atoms. The van der Waals surface area contributed by atoms with Crippen LogP contribution in [-0.4, -0.2) is 44.8 Å².